The van der Waals surface area contributed by atoms with Crippen LogP contribution in [0.25, 0.3) is 0 Å². The molecule has 0 saturated carbocycles. The van der Waals surface area contributed by atoms with Gasteiger partial charge in [0.1, 0.15) is 5.76 Å². The third-order valence-corrected chi connectivity index (χ3v) is 4.88. The molecular weight excluding hydrogens is 370 g/mol. The van der Waals surface area contributed by atoms with Crippen LogP contribution in [0.5, 0.6) is 0 Å². The molecule has 0 unspecified atom stereocenters. The first-order valence-electron chi connectivity index (χ1n) is 8.17. The maximum Gasteiger partial charge on any atom is 0.241 e. The summed E-state index contributed by atoms with van der Waals surface area (Å²) >= 11 is 3.42. The van der Waals surface area contributed by atoms with Crippen LogP contribution in [0.1, 0.15) is 12.7 Å². The van der Waals surface area contributed by atoms with Gasteiger partial charge in [-0.05, 0) is 37.3 Å². The third kappa shape index (κ3) is 4.47. The minimum Gasteiger partial charge on any atom is -0.468 e. The first-order valence-corrected chi connectivity index (χ1v) is 8.96. The SMILES string of the molecule is C[C@@H](C(=O)Nc1cccc(Br)c1)N1CCN(Cc2ccco2)CC1. The Morgan fingerprint density at radius 2 is 2.04 bits per heavy atom. The Labute approximate surface area is 150 Å². The monoisotopic (exact) mass is 391 g/mol. The molecule has 5 nitrogen and oxygen atoms in total. The summed E-state index contributed by atoms with van der Waals surface area (Å²) in [7, 11) is 0. The molecule has 1 fully saturated rings. The summed E-state index contributed by atoms with van der Waals surface area (Å²) < 4.78 is 6.36. The second kappa shape index (κ2) is 7.96. The summed E-state index contributed by atoms with van der Waals surface area (Å²) in [5.41, 5.74) is 0.817. The molecule has 3 rings (SSSR count). The van der Waals surface area contributed by atoms with Crippen LogP contribution in [0.15, 0.2) is 51.6 Å². The van der Waals surface area contributed by atoms with Gasteiger partial charge in [0, 0.05) is 36.3 Å². The molecule has 6 heteroatoms. The van der Waals surface area contributed by atoms with E-state index < -0.39 is 0 Å². The quantitative estimate of drug-likeness (QED) is 0.849. The van der Waals surface area contributed by atoms with E-state index in [9.17, 15) is 4.79 Å². The van der Waals surface area contributed by atoms with Gasteiger partial charge in [0.2, 0.25) is 5.91 Å². The third-order valence-electron chi connectivity index (χ3n) is 4.39. The van der Waals surface area contributed by atoms with Crippen molar-refractivity contribution in [2.45, 2.75) is 19.5 Å². The van der Waals surface area contributed by atoms with Gasteiger partial charge >= 0.3 is 0 Å². The van der Waals surface area contributed by atoms with Crippen LogP contribution in [0.3, 0.4) is 0 Å². The lowest BCUT2D eigenvalue weighted by Gasteiger charge is -2.37. The Bertz CT molecular complexity index is 667. The molecule has 0 radical (unpaired) electrons. The summed E-state index contributed by atoms with van der Waals surface area (Å²) in [6.45, 7) is 6.45. The van der Waals surface area contributed by atoms with Crippen molar-refractivity contribution in [2.75, 3.05) is 31.5 Å². The molecule has 1 aliphatic heterocycles. The van der Waals surface area contributed by atoms with E-state index in [0.29, 0.717) is 0 Å². The number of nitrogens with zero attached hydrogens (tertiary/aromatic N) is 2. The number of carbonyl (C=O) groups excluding carboxylic acids is 1. The number of hydrogen-bond acceptors (Lipinski definition) is 4. The van der Waals surface area contributed by atoms with Gasteiger partial charge in [0.05, 0.1) is 18.8 Å². The van der Waals surface area contributed by atoms with E-state index in [4.69, 9.17) is 4.42 Å². The van der Waals surface area contributed by atoms with E-state index >= 15 is 0 Å². The van der Waals surface area contributed by atoms with Gasteiger partial charge in [-0.2, -0.15) is 0 Å². The Hall–Kier alpha value is -1.63. The first-order chi connectivity index (χ1) is 11.6. The van der Waals surface area contributed by atoms with Crippen LogP contribution in [0.4, 0.5) is 5.69 Å². The number of anilines is 1. The highest BCUT2D eigenvalue weighted by atomic mass is 79.9. The molecular formula is C18H22BrN3O2. The minimum atomic E-state index is -0.144. The molecule has 1 aromatic heterocycles. The standard InChI is InChI=1S/C18H22BrN3O2/c1-14(18(23)20-16-5-2-4-15(19)12-16)22-9-7-21(8-10-22)13-17-6-3-11-24-17/h2-6,11-12,14H,7-10,13H2,1H3,(H,20,23)/t14-/m0/s1. The molecule has 1 N–H and O–H groups in total. The number of halogens is 1. The second-order valence-electron chi connectivity index (χ2n) is 6.07. The minimum absolute atomic E-state index is 0.0348. The topological polar surface area (TPSA) is 48.7 Å². The predicted molar refractivity (Wildman–Crippen MR) is 97.8 cm³/mol. The molecule has 1 aromatic carbocycles. The average molecular weight is 392 g/mol. The summed E-state index contributed by atoms with van der Waals surface area (Å²) in [4.78, 5) is 17.0. The average Bonchev–Trinajstić information content (AvgIpc) is 3.08. The number of benzene rings is 1. The lowest BCUT2D eigenvalue weighted by molar-refractivity contribution is -0.121. The van der Waals surface area contributed by atoms with Crippen molar-refractivity contribution in [3.8, 4) is 0 Å². The normalized spacial score (nSPS) is 17.6. The zero-order chi connectivity index (χ0) is 16.9. The fraction of sp³-hybridized carbons (Fsp3) is 0.389. The Balaban J connectivity index is 1.49. The van der Waals surface area contributed by atoms with Crippen molar-refractivity contribution in [3.05, 3.63) is 52.9 Å². The van der Waals surface area contributed by atoms with E-state index in [1.165, 1.54) is 0 Å². The van der Waals surface area contributed by atoms with Crippen molar-refractivity contribution in [3.63, 3.8) is 0 Å². The van der Waals surface area contributed by atoms with Crippen LogP contribution >= 0.6 is 15.9 Å². The van der Waals surface area contributed by atoms with Crippen molar-refractivity contribution >= 4 is 27.5 Å². The number of nitrogens with one attached hydrogen (secondary N) is 1. The van der Waals surface area contributed by atoms with E-state index in [1.54, 1.807) is 6.26 Å². The molecule has 1 atom stereocenters. The smallest absolute Gasteiger partial charge is 0.241 e. The predicted octanol–water partition coefficient (Wildman–Crippen LogP) is 3.19. The Kier molecular flexibility index (Phi) is 5.71. The lowest BCUT2D eigenvalue weighted by Crippen LogP contribution is -2.52. The fourth-order valence-electron chi connectivity index (χ4n) is 2.91. The molecule has 24 heavy (non-hydrogen) atoms. The van der Waals surface area contributed by atoms with Crippen LogP contribution in [-0.4, -0.2) is 47.9 Å². The zero-order valence-corrected chi connectivity index (χ0v) is 15.3. The number of piperazine rings is 1. The molecule has 0 bridgehead atoms. The van der Waals surface area contributed by atoms with Gasteiger partial charge in [-0.25, -0.2) is 0 Å². The lowest BCUT2D eigenvalue weighted by atomic mass is 10.2. The molecule has 2 heterocycles. The summed E-state index contributed by atoms with van der Waals surface area (Å²) in [5, 5.41) is 2.99. The zero-order valence-electron chi connectivity index (χ0n) is 13.7. The molecule has 2 aromatic rings. The maximum absolute atomic E-state index is 12.5. The second-order valence-corrected chi connectivity index (χ2v) is 6.98. The van der Waals surface area contributed by atoms with E-state index in [0.717, 1.165) is 48.6 Å². The molecule has 0 aliphatic carbocycles. The van der Waals surface area contributed by atoms with Gasteiger partial charge in [-0.15, -0.1) is 0 Å². The molecule has 1 aliphatic rings. The highest BCUT2D eigenvalue weighted by Crippen LogP contribution is 2.17. The molecule has 0 spiro atoms. The van der Waals surface area contributed by atoms with E-state index in [1.807, 2.05) is 43.3 Å². The first kappa shape index (κ1) is 17.2. The van der Waals surface area contributed by atoms with Crippen LogP contribution in [0.2, 0.25) is 0 Å². The highest BCUT2D eigenvalue weighted by Gasteiger charge is 2.25. The van der Waals surface area contributed by atoms with Crippen molar-refractivity contribution in [1.82, 2.24) is 9.80 Å². The van der Waals surface area contributed by atoms with Gasteiger partial charge in [-0.1, -0.05) is 22.0 Å². The molecule has 128 valence electrons. The van der Waals surface area contributed by atoms with Crippen LogP contribution in [0, 0.1) is 0 Å². The molecule has 1 saturated heterocycles. The highest BCUT2D eigenvalue weighted by molar-refractivity contribution is 9.10. The number of rotatable bonds is 5. The Morgan fingerprint density at radius 1 is 1.25 bits per heavy atom. The van der Waals surface area contributed by atoms with Gasteiger partial charge in [0.15, 0.2) is 0 Å². The number of furan rings is 1. The summed E-state index contributed by atoms with van der Waals surface area (Å²) in [6.07, 6.45) is 1.71. The van der Waals surface area contributed by atoms with Crippen molar-refractivity contribution < 1.29 is 9.21 Å². The fourth-order valence-corrected chi connectivity index (χ4v) is 3.31. The van der Waals surface area contributed by atoms with E-state index in [-0.39, 0.29) is 11.9 Å². The van der Waals surface area contributed by atoms with Gasteiger partial charge in [0.25, 0.3) is 0 Å². The summed E-state index contributed by atoms with van der Waals surface area (Å²) in [5.74, 6) is 1.02. The number of hydrogen-bond donors (Lipinski definition) is 1. The summed E-state index contributed by atoms with van der Waals surface area (Å²) in [6, 6.07) is 11.4. The van der Waals surface area contributed by atoms with Crippen LogP contribution in [-0.2, 0) is 11.3 Å². The van der Waals surface area contributed by atoms with Gasteiger partial charge < -0.3 is 9.73 Å². The van der Waals surface area contributed by atoms with Crippen LogP contribution < -0.4 is 5.32 Å². The van der Waals surface area contributed by atoms with Crippen molar-refractivity contribution in [1.29, 1.82) is 0 Å². The van der Waals surface area contributed by atoms with E-state index in [2.05, 4.69) is 31.0 Å². The largest absolute Gasteiger partial charge is 0.468 e. The Morgan fingerprint density at radius 3 is 2.71 bits per heavy atom. The number of amides is 1. The van der Waals surface area contributed by atoms with Gasteiger partial charge in [-0.3, -0.25) is 14.6 Å². The maximum atomic E-state index is 12.5. The van der Waals surface area contributed by atoms with Crippen molar-refractivity contribution in [2.24, 2.45) is 0 Å². The molecule has 1 amide bonds. The number of carbonyl (C=O) groups is 1.